The third-order valence-corrected chi connectivity index (χ3v) is 5.45. The molecule has 27 heavy (non-hydrogen) atoms. The summed E-state index contributed by atoms with van der Waals surface area (Å²) in [5.41, 5.74) is 0.986. The molecule has 2 N–H and O–H groups in total. The summed E-state index contributed by atoms with van der Waals surface area (Å²) in [7, 11) is -3.52. The summed E-state index contributed by atoms with van der Waals surface area (Å²) in [5.74, 6) is 0.352. The average molecular weight is 391 g/mol. The van der Waals surface area contributed by atoms with Gasteiger partial charge in [-0.3, -0.25) is 4.79 Å². The number of sulfonamides is 1. The molecule has 0 aliphatic heterocycles. The fraction of sp³-hybridized carbons (Fsp3) is 0.350. The summed E-state index contributed by atoms with van der Waals surface area (Å²) in [6.45, 7) is 6.28. The molecular weight excluding hydrogens is 364 g/mol. The van der Waals surface area contributed by atoms with Crippen LogP contribution in [-0.4, -0.2) is 27.0 Å². The molecule has 1 amide bonds. The predicted molar refractivity (Wildman–Crippen MR) is 107 cm³/mol. The highest BCUT2D eigenvalue weighted by atomic mass is 32.2. The first-order chi connectivity index (χ1) is 12.9. The average Bonchev–Trinajstić information content (AvgIpc) is 2.67. The van der Waals surface area contributed by atoms with Crippen molar-refractivity contribution in [2.45, 2.75) is 44.6 Å². The van der Waals surface area contributed by atoms with Gasteiger partial charge in [0, 0.05) is 17.8 Å². The Balaban J connectivity index is 2.07. The normalized spacial score (nSPS) is 12.4. The molecule has 0 saturated heterocycles. The van der Waals surface area contributed by atoms with Gasteiger partial charge in [0.2, 0.25) is 10.0 Å². The predicted octanol–water partition coefficient (Wildman–Crippen LogP) is 3.80. The Morgan fingerprint density at radius 3 is 2.44 bits per heavy atom. The Morgan fingerprint density at radius 2 is 1.81 bits per heavy atom. The lowest BCUT2D eigenvalue weighted by atomic mass is 10.2. The quantitative estimate of drug-likeness (QED) is 0.682. The van der Waals surface area contributed by atoms with Crippen molar-refractivity contribution in [3.05, 3.63) is 54.1 Å². The largest absolute Gasteiger partial charge is 0.491 e. The number of hydrogen-bond acceptors (Lipinski definition) is 4. The van der Waals surface area contributed by atoms with E-state index in [2.05, 4.69) is 10.0 Å². The Bertz CT molecular complexity index is 864. The van der Waals surface area contributed by atoms with E-state index in [0.29, 0.717) is 30.0 Å². The highest BCUT2D eigenvalue weighted by Gasteiger charge is 2.13. The van der Waals surface area contributed by atoms with Crippen molar-refractivity contribution >= 4 is 21.6 Å². The van der Waals surface area contributed by atoms with Crippen molar-refractivity contribution in [2.75, 3.05) is 11.9 Å². The van der Waals surface area contributed by atoms with Crippen LogP contribution in [-0.2, 0) is 10.0 Å². The van der Waals surface area contributed by atoms with Crippen molar-refractivity contribution in [1.82, 2.24) is 4.72 Å². The molecule has 2 aromatic carbocycles. The molecule has 2 rings (SSSR count). The lowest BCUT2D eigenvalue weighted by Crippen LogP contribution is -2.24. The molecular formula is C20H26N2O4S. The zero-order valence-electron chi connectivity index (χ0n) is 15.9. The minimum absolute atomic E-state index is 0.0686. The standard InChI is InChI=1S/C20H26N2O4S/c1-4-13-21-27(24,25)19-11-9-17(10-12-19)22-20(23)16-7-6-8-18(14-16)26-15(3)5-2/h6-12,14-15,21H,4-5,13H2,1-3H3,(H,22,23). The molecule has 1 atom stereocenters. The van der Waals surface area contributed by atoms with E-state index in [0.717, 1.165) is 6.42 Å². The Hall–Kier alpha value is -2.38. The summed E-state index contributed by atoms with van der Waals surface area (Å²) < 4.78 is 32.4. The number of carbonyl (C=O) groups is 1. The first kappa shape index (κ1) is 20.9. The number of carbonyl (C=O) groups excluding carboxylic acids is 1. The molecule has 0 saturated carbocycles. The molecule has 1 unspecified atom stereocenters. The number of nitrogens with one attached hydrogen (secondary N) is 2. The van der Waals surface area contributed by atoms with Crippen LogP contribution in [0.4, 0.5) is 5.69 Å². The molecule has 0 fully saturated rings. The van der Waals surface area contributed by atoms with Gasteiger partial charge in [0.05, 0.1) is 11.0 Å². The first-order valence-electron chi connectivity index (χ1n) is 9.03. The molecule has 0 aliphatic rings. The van der Waals surface area contributed by atoms with E-state index >= 15 is 0 Å². The maximum Gasteiger partial charge on any atom is 0.255 e. The molecule has 0 bridgehead atoms. The summed E-state index contributed by atoms with van der Waals surface area (Å²) in [6, 6.07) is 13.0. The van der Waals surface area contributed by atoms with E-state index in [4.69, 9.17) is 4.74 Å². The number of ether oxygens (including phenoxy) is 1. The maximum absolute atomic E-state index is 12.4. The monoisotopic (exact) mass is 390 g/mol. The van der Waals surface area contributed by atoms with Crippen molar-refractivity contribution < 1.29 is 17.9 Å². The molecule has 6 nitrogen and oxygen atoms in total. The highest BCUT2D eigenvalue weighted by Crippen LogP contribution is 2.18. The van der Waals surface area contributed by atoms with Gasteiger partial charge in [0.15, 0.2) is 0 Å². The number of hydrogen-bond donors (Lipinski definition) is 2. The van der Waals surface area contributed by atoms with Gasteiger partial charge in [0.25, 0.3) is 5.91 Å². The van der Waals surface area contributed by atoms with Crippen LogP contribution in [0.1, 0.15) is 44.0 Å². The van der Waals surface area contributed by atoms with E-state index < -0.39 is 10.0 Å². The van der Waals surface area contributed by atoms with Gasteiger partial charge in [-0.25, -0.2) is 13.1 Å². The molecule has 0 heterocycles. The van der Waals surface area contributed by atoms with Crippen LogP contribution in [0.25, 0.3) is 0 Å². The summed E-state index contributed by atoms with van der Waals surface area (Å²) in [6.07, 6.45) is 1.66. The summed E-state index contributed by atoms with van der Waals surface area (Å²) >= 11 is 0. The van der Waals surface area contributed by atoms with Crippen LogP contribution >= 0.6 is 0 Å². The van der Waals surface area contributed by atoms with Gasteiger partial charge in [-0.05, 0) is 62.2 Å². The molecule has 146 valence electrons. The maximum atomic E-state index is 12.4. The number of rotatable bonds is 9. The van der Waals surface area contributed by atoms with Gasteiger partial charge in [-0.15, -0.1) is 0 Å². The minimum atomic E-state index is -3.52. The summed E-state index contributed by atoms with van der Waals surface area (Å²) in [4.78, 5) is 12.6. The van der Waals surface area contributed by atoms with E-state index in [1.807, 2.05) is 26.8 Å². The van der Waals surface area contributed by atoms with Crippen LogP contribution in [0.3, 0.4) is 0 Å². The molecule has 0 aromatic heterocycles. The third-order valence-electron chi connectivity index (χ3n) is 3.97. The second-order valence-electron chi connectivity index (χ2n) is 6.24. The Morgan fingerprint density at radius 1 is 1.11 bits per heavy atom. The van der Waals surface area contributed by atoms with Crippen LogP contribution in [0.2, 0.25) is 0 Å². The number of benzene rings is 2. The van der Waals surface area contributed by atoms with Gasteiger partial charge in [0.1, 0.15) is 5.75 Å². The lowest BCUT2D eigenvalue weighted by Gasteiger charge is -2.13. The third kappa shape index (κ3) is 6.08. The Kier molecular flexibility index (Phi) is 7.38. The molecule has 0 spiro atoms. The van der Waals surface area contributed by atoms with Crippen molar-refractivity contribution in [3.63, 3.8) is 0 Å². The van der Waals surface area contributed by atoms with Crippen molar-refractivity contribution in [3.8, 4) is 5.75 Å². The second kappa shape index (κ2) is 9.53. The smallest absolute Gasteiger partial charge is 0.255 e. The van der Waals surface area contributed by atoms with Crippen LogP contribution in [0.5, 0.6) is 5.75 Å². The van der Waals surface area contributed by atoms with Crippen molar-refractivity contribution in [2.24, 2.45) is 0 Å². The highest BCUT2D eigenvalue weighted by molar-refractivity contribution is 7.89. The Labute approximate surface area is 161 Å². The minimum Gasteiger partial charge on any atom is -0.491 e. The topological polar surface area (TPSA) is 84.5 Å². The zero-order chi connectivity index (χ0) is 19.9. The number of anilines is 1. The van der Waals surface area contributed by atoms with Gasteiger partial charge < -0.3 is 10.1 Å². The van der Waals surface area contributed by atoms with E-state index in [-0.39, 0.29) is 16.9 Å². The SMILES string of the molecule is CCCNS(=O)(=O)c1ccc(NC(=O)c2cccc(OC(C)CC)c2)cc1. The van der Waals surface area contributed by atoms with E-state index in [1.165, 1.54) is 12.1 Å². The van der Waals surface area contributed by atoms with Gasteiger partial charge >= 0.3 is 0 Å². The van der Waals surface area contributed by atoms with Gasteiger partial charge in [-0.1, -0.05) is 19.9 Å². The lowest BCUT2D eigenvalue weighted by molar-refractivity contribution is 0.102. The van der Waals surface area contributed by atoms with Crippen LogP contribution in [0, 0.1) is 0 Å². The fourth-order valence-corrected chi connectivity index (χ4v) is 3.40. The summed E-state index contributed by atoms with van der Waals surface area (Å²) in [5, 5.41) is 2.76. The molecule has 0 aliphatic carbocycles. The molecule has 0 radical (unpaired) electrons. The second-order valence-corrected chi connectivity index (χ2v) is 8.01. The van der Waals surface area contributed by atoms with Crippen LogP contribution < -0.4 is 14.8 Å². The van der Waals surface area contributed by atoms with Crippen LogP contribution in [0.15, 0.2) is 53.4 Å². The number of amides is 1. The van der Waals surface area contributed by atoms with E-state index in [9.17, 15) is 13.2 Å². The molecule has 2 aromatic rings. The zero-order valence-corrected chi connectivity index (χ0v) is 16.7. The van der Waals surface area contributed by atoms with Crippen molar-refractivity contribution in [1.29, 1.82) is 0 Å². The van der Waals surface area contributed by atoms with Gasteiger partial charge in [-0.2, -0.15) is 0 Å². The molecule has 7 heteroatoms. The fourth-order valence-electron chi connectivity index (χ4n) is 2.27. The first-order valence-corrected chi connectivity index (χ1v) is 10.5. The van der Waals surface area contributed by atoms with E-state index in [1.54, 1.807) is 30.3 Å².